The topological polar surface area (TPSA) is 53.4 Å². The van der Waals surface area contributed by atoms with Gasteiger partial charge in [0.15, 0.2) is 0 Å². The number of aliphatic carboxylic acids is 1. The molecule has 2 aromatic carbocycles. The van der Waals surface area contributed by atoms with Crippen molar-refractivity contribution in [3.8, 4) is 10.6 Å². The molecule has 1 aromatic heterocycles. The molecular weight excluding hydrogens is 432 g/mol. The number of hydrogen-bond acceptors (Lipinski definition) is 4. The molecular formula is C22H18F4N2O2S. The normalized spacial score (nSPS) is 11.8. The summed E-state index contributed by atoms with van der Waals surface area (Å²) in [5.41, 5.74) is 1.35. The van der Waals surface area contributed by atoms with Crippen LogP contribution < -0.4 is 4.90 Å². The number of halogens is 4. The highest BCUT2D eigenvalue weighted by atomic mass is 32.1. The number of aryl methyl sites for hydroxylation is 1. The number of nitrogens with zero attached hydrogens (tertiary/aromatic N) is 2. The lowest BCUT2D eigenvalue weighted by Crippen LogP contribution is -2.16. The average Bonchev–Trinajstić information content (AvgIpc) is 3.06. The molecule has 1 heterocycles. The Morgan fingerprint density at radius 1 is 1.19 bits per heavy atom. The van der Waals surface area contributed by atoms with Crippen molar-refractivity contribution in [1.82, 2.24) is 4.98 Å². The summed E-state index contributed by atoms with van der Waals surface area (Å²) in [7, 11) is 1.87. The zero-order valence-electron chi connectivity index (χ0n) is 16.6. The van der Waals surface area contributed by atoms with Gasteiger partial charge in [-0.15, -0.1) is 11.3 Å². The van der Waals surface area contributed by atoms with Gasteiger partial charge in [0.05, 0.1) is 17.8 Å². The van der Waals surface area contributed by atoms with Crippen LogP contribution in [0.1, 0.15) is 21.7 Å². The van der Waals surface area contributed by atoms with Crippen LogP contribution in [0.4, 0.5) is 23.2 Å². The fourth-order valence-electron chi connectivity index (χ4n) is 2.89. The van der Waals surface area contributed by atoms with Gasteiger partial charge < -0.3 is 10.0 Å². The number of carboxylic acids is 1. The highest BCUT2D eigenvalue weighted by Crippen LogP contribution is 2.35. The molecule has 162 valence electrons. The Labute approximate surface area is 180 Å². The average molecular weight is 450 g/mol. The van der Waals surface area contributed by atoms with E-state index in [0.29, 0.717) is 22.8 Å². The number of alkyl halides is 3. The first-order chi connectivity index (χ1) is 14.5. The maximum absolute atomic E-state index is 13.9. The zero-order chi connectivity index (χ0) is 22.8. The summed E-state index contributed by atoms with van der Waals surface area (Å²) in [4.78, 5) is 17.8. The second-order valence-electron chi connectivity index (χ2n) is 6.84. The maximum Gasteiger partial charge on any atom is 0.419 e. The Hall–Kier alpha value is -3.20. The van der Waals surface area contributed by atoms with E-state index in [1.54, 1.807) is 19.1 Å². The van der Waals surface area contributed by atoms with E-state index in [2.05, 4.69) is 4.98 Å². The van der Waals surface area contributed by atoms with Gasteiger partial charge >= 0.3 is 12.1 Å². The summed E-state index contributed by atoms with van der Waals surface area (Å²) in [5, 5.41) is 9.13. The fraction of sp³-hybridized carbons (Fsp3) is 0.182. The molecule has 3 aromatic rings. The minimum Gasteiger partial charge on any atom is -0.478 e. The highest BCUT2D eigenvalue weighted by molar-refractivity contribution is 7.15. The van der Waals surface area contributed by atoms with E-state index in [-0.39, 0.29) is 0 Å². The third kappa shape index (κ3) is 5.49. The van der Waals surface area contributed by atoms with Crippen LogP contribution in [0.25, 0.3) is 16.6 Å². The molecule has 0 spiro atoms. The first-order valence-corrected chi connectivity index (χ1v) is 9.92. The van der Waals surface area contributed by atoms with E-state index >= 15 is 0 Å². The van der Waals surface area contributed by atoms with Crippen LogP contribution in [0, 0.1) is 12.7 Å². The lowest BCUT2D eigenvalue weighted by atomic mass is 10.1. The van der Waals surface area contributed by atoms with Crippen molar-refractivity contribution in [3.63, 3.8) is 0 Å². The first kappa shape index (κ1) is 22.5. The lowest BCUT2D eigenvalue weighted by molar-refractivity contribution is -0.140. The van der Waals surface area contributed by atoms with Crippen molar-refractivity contribution in [1.29, 1.82) is 0 Å². The Kier molecular flexibility index (Phi) is 6.45. The van der Waals surface area contributed by atoms with Crippen LogP contribution in [0.5, 0.6) is 0 Å². The van der Waals surface area contributed by atoms with Gasteiger partial charge in [0.25, 0.3) is 0 Å². The molecule has 0 saturated carbocycles. The highest BCUT2D eigenvalue weighted by Gasteiger charge is 2.34. The van der Waals surface area contributed by atoms with Crippen molar-refractivity contribution in [2.24, 2.45) is 0 Å². The lowest BCUT2D eigenvalue weighted by Gasteiger charge is -2.18. The second kappa shape index (κ2) is 8.89. The van der Waals surface area contributed by atoms with Gasteiger partial charge in [-0.1, -0.05) is 18.2 Å². The van der Waals surface area contributed by atoms with Gasteiger partial charge in [-0.25, -0.2) is 14.2 Å². The van der Waals surface area contributed by atoms with E-state index < -0.39 is 23.5 Å². The summed E-state index contributed by atoms with van der Waals surface area (Å²) in [5.74, 6) is -2.35. The molecule has 0 aliphatic rings. The SMILES string of the molecule is Cc1nc(-c2ccc(C(F)(F)F)c(F)c2)sc1CN(C)c1ccc(/C=C/C(=O)O)cc1. The molecule has 1 N–H and O–H groups in total. The summed E-state index contributed by atoms with van der Waals surface area (Å²) >= 11 is 1.30. The second-order valence-corrected chi connectivity index (χ2v) is 7.92. The van der Waals surface area contributed by atoms with Gasteiger partial charge in [0.1, 0.15) is 10.8 Å². The molecule has 0 saturated heterocycles. The number of carboxylic acid groups (broad SMARTS) is 1. The van der Waals surface area contributed by atoms with E-state index in [1.807, 2.05) is 24.1 Å². The molecule has 0 amide bonds. The molecule has 9 heteroatoms. The molecule has 0 radical (unpaired) electrons. The predicted molar refractivity (Wildman–Crippen MR) is 112 cm³/mol. The monoisotopic (exact) mass is 450 g/mol. The molecule has 0 fully saturated rings. The van der Waals surface area contributed by atoms with Crippen LogP contribution in [0.2, 0.25) is 0 Å². The molecule has 0 atom stereocenters. The molecule has 0 aliphatic heterocycles. The number of thiazole rings is 1. The van der Waals surface area contributed by atoms with Crippen molar-refractivity contribution >= 4 is 29.1 Å². The quantitative estimate of drug-likeness (QED) is 0.369. The standard InChI is InChI=1S/C22H18F4N2O2S/c1-13-19(12-28(2)16-7-3-14(4-8-16)5-10-20(29)30)31-21(27-13)15-6-9-17(18(23)11-15)22(24,25)26/h3-11H,12H2,1-2H3,(H,29,30)/b10-5+. The zero-order valence-corrected chi connectivity index (χ0v) is 17.4. The molecule has 3 rings (SSSR count). The third-order valence-corrected chi connectivity index (χ3v) is 5.74. The smallest absolute Gasteiger partial charge is 0.419 e. The Bertz CT molecular complexity index is 1120. The molecule has 0 bridgehead atoms. The van der Waals surface area contributed by atoms with E-state index in [1.165, 1.54) is 23.5 Å². The summed E-state index contributed by atoms with van der Waals surface area (Å²) in [6, 6.07) is 10.1. The predicted octanol–water partition coefficient (Wildman–Crippen LogP) is 6.01. The van der Waals surface area contributed by atoms with E-state index in [4.69, 9.17) is 5.11 Å². The Morgan fingerprint density at radius 3 is 2.45 bits per heavy atom. The molecule has 31 heavy (non-hydrogen) atoms. The Balaban J connectivity index is 1.77. The van der Waals surface area contributed by atoms with E-state index in [9.17, 15) is 22.4 Å². The summed E-state index contributed by atoms with van der Waals surface area (Å²) in [6.07, 6.45) is -2.19. The van der Waals surface area contributed by atoms with Crippen LogP contribution in [0.3, 0.4) is 0 Å². The van der Waals surface area contributed by atoms with Crippen LogP contribution in [0.15, 0.2) is 48.5 Å². The van der Waals surface area contributed by atoms with Gasteiger partial charge in [0.2, 0.25) is 0 Å². The minimum absolute atomic E-state index is 0.294. The Morgan fingerprint density at radius 2 is 1.87 bits per heavy atom. The van der Waals surface area contributed by atoms with E-state index in [0.717, 1.165) is 34.3 Å². The number of hydrogen-bond donors (Lipinski definition) is 1. The number of rotatable bonds is 6. The number of benzene rings is 2. The number of aromatic nitrogens is 1. The number of carbonyl (C=O) groups is 1. The van der Waals surface area contributed by atoms with Crippen molar-refractivity contribution in [2.75, 3.05) is 11.9 Å². The minimum atomic E-state index is -4.74. The van der Waals surface area contributed by atoms with Crippen molar-refractivity contribution in [2.45, 2.75) is 19.6 Å². The summed E-state index contributed by atoms with van der Waals surface area (Å²) < 4.78 is 52.2. The number of anilines is 1. The maximum atomic E-state index is 13.9. The van der Waals surface area contributed by atoms with Gasteiger partial charge in [0, 0.05) is 29.3 Å². The molecule has 4 nitrogen and oxygen atoms in total. The van der Waals surface area contributed by atoms with Crippen LogP contribution >= 0.6 is 11.3 Å². The summed E-state index contributed by atoms with van der Waals surface area (Å²) in [6.45, 7) is 2.29. The van der Waals surface area contributed by atoms with Gasteiger partial charge in [-0.3, -0.25) is 0 Å². The fourth-order valence-corrected chi connectivity index (χ4v) is 4.00. The van der Waals surface area contributed by atoms with Crippen LogP contribution in [-0.4, -0.2) is 23.1 Å². The van der Waals surface area contributed by atoms with Crippen LogP contribution in [-0.2, 0) is 17.5 Å². The van der Waals surface area contributed by atoms with Gasteiger partial charge in [-0.05, 0) is 42.8 Å². The first-order valence-electron chi connectivity index (χ1n) is 9.10. The largest absolute Gasteiger partial charge is 0.478 e. The van der Waals surface area contributed by atoms with Crippen molar-refractivity contribution in [3.05, 3.63) is 76.1 Å². The third-order valence-electron chi connectivity index (χ3n) is 4.55. The molecule has 0 aliphatic carbocycles. The van der Waals surface area contributed by atoms with Gasteiger partial charge in [-0.2, -0.15) is 13.2 Å². The molecule has 0 unspecified atom stereocenters. The van der Waals surface area contributed by atoms with Crippen molar-refractivity contribution < 1.29 is 27.5 Å².